The summed E-state index contributed by atoms with van der Waals surface area (Å²) in [7, 11) is 30.9. The number of aromatic nitrogens is 3. The molecule has 0 aliphatic carbocycles. The Bertz CT molecular complexity index is 3500. The van der Waals surface area contributed by atoms with E-state index >= 15 is 0 Å². The van der Waals surface area contributed by atoms with Crippen molar-refractivity contribution in [1.29, 1.82) is 0 Å². The number of rotatable bonds is 6. The Labute approximate surface area is 362 Å². The van der Waals surface area contributed by atoms with Crippen molar-refractivity contribution >= 4 is 120 Å². The van der Waals surface area contributed by atoms with Crippen molar-refractivity contribution in [2.45, 2.75) is 0 Å². The first-order chi connectivity index (χ1) is 29.8. The maximum Gasteiger partial charge on any atom is 0.165 e. The van der Waals surface area contributed by atoms with E-state index in [1.54, 1.807) is 11.3 Å². The highest BCUT2D eigenvalue weighted by Crippen LogP contribution is 2.41. The maximum absolute atomic E-state index is 6.61. The maximum atomic E-state index is 6.61. The Morgan fingerprint density at radius 3 is 1.64 bits per heavy atom. The van der Waals surface area contributed by atoms with Gasteiger partial charge in [-0.05, 0) is 58.1 Å². The molecule has 4 nitrogen and oxygen atoms in total. The second-order valence-electron chi connectivity index (χ2n) is 15.0. The topological polar surface area (TPSA) is 51.8 Å². The number of para-hydroxylation sites is 1. The van der Waals surface area contributed by atoms with Gasteiger partial charge in [0, 0.05) is 53.2 Å². The summed E-state index contributed by atoms with van der Waals surface area (Å²) in [6, 6.07) is 53.7. The SMILES string of the molecule is [B]c1c([B])c([B])c(-c2ccc(-c3ccc(-c4cccc5c4oc4ccc(-c6nc(-c7ccccc7)nc(-c7cccc8c7sc7ccccc78)n6)cc45)cc3)cc2)c([B])c1[B]. The van der Waals surface area contributed by atoms with Crippen molar-refractivity contribution in [1.82, 2.24) is 15.0 Å². The second-order valence-corrected chi connectivity index (χ2v) is 16.1. The van der Waals surface area contributed by atoms with Crippen molar-refractivity contribution < 1.29 is 4.42 Å². The lowest BCUT2D eigenvalue weighted by molar-refractivity contribution is 0.670. The van der Waals surface area contributed by atoms with Crippen LogP contribution in [0.3, 0.4) is 0 Å². The fraction of sp³-hybridized carbons (Fsp3) is 0. The molecule has 11 rings (SSSR count). The molecule has 3 aromatic heterocycles. The largest absolute Gasteiger partial charge is 0.455 e. The molecular formula is C51H26B5N3OS. The van der Waals surface area contributed by atoms with E-state index in [2.05, 4.69) is 91.0 Å². The van der Waals surface area contributed by atoms with E-state index in [9.17, 15) is 0 Å². The molecule has 10 heteroatoms. The number of benzene rings is 8. The minimum Gasteiger partial charge on any atom is -0.455 e. The quantitative estimate of drug-likeness (QED) is 0.160. The summed E-state index contributed by atoms with van der Waals surface area (Å²) >= 11 is 1.76. The Hall–Kier alpha value is -6.89. The molecule has 0 saturated carbocycles. The number of nitrogens with zero attached hydrogens (tertiary/aromatic N) is 3. The van der Waals surface area contributed by atoms with Gasteiger partial charge in [0.25, 0.3) is 0 Å². The van der Waals surface area contributed by atoms with Gasteiger partial charge in [-0.25, -0.2) is 15.0 Å². The van der Waals surface area contributed by atoms with Crippen molar-refractivity contribution in [3.8, 4) is 67.5 Å². The highest BCUT2D eigenvalue weighted by atomic mass is 32.1. The van der Waals surface area contributed by atoms with Crippen molar-refractivity contribution in [2.75, 3.05) is 0 Å². The molecule has 0 aliphatic rings. The summed E-state index contributed by atoms with van der Waals surface area (Å²) in [4.78, 5) is 15.3. The zero-order valence-electron chi connectivity index (χ0n) is 32.6. The van der Waals surface area contributed by atoms with Gasteiger partial charge in [-0.2, -0.15) is 0 Å². The van der Waals surface area contributed by atoms with Crippen LogP contribution in [0.1, 0.15) is 0 Å². The molecule has 0 atom stereocenters. The van der Waals surface area contributed by atoms with Crippen LogP contribution in [0, 0.1) is 0 Å². The van der Waals surface area contributed by atoms with E-state index in [-0.39, 0.29) is 16.4 Å². The van der Waals surface area contributed by atoms with Gasteiger partial charge in [-0.15, -0.1) is 27.7 Å². The molecule has 0 bridgehead atoms. The fourth-order valence-corrected chi connectivity index (χ4v) is 9.47. The van der Waals surface area contributed by atoms with E-state index in [1.165, 1.54) is 15.5 Å². The number of thiophene rings is 1. The van der Waals surface area contributed by atoms with Crippen LogP contribution in [-0.2, 0) is 0 Å². The minimum absolute atomic E-state index is 0.197. The predicted octanol–water partition coefficient (Wildman–Crippen LogP) is 8.11. The molecular weight excluding hydrogens is 757 g/mol. The van der Waals surface area contributed by atoms with Gasteiger partial charge in [0.05, 0.1) is 0 Å². The van der Waals surface area contributed by atoms with Crippen molar-refractivity contribution in [2.24, 2.45) is 0 Å². The van der Waals surface area contributed by atoms with Crippen LogP contribution in [0.5, 0.6) is 0 Å². The Morgan fingerprint density at radius 2 is 0.918 bits per heavy atom. The molecule has 0 spiro atoms. The number of hydrogen-bond donors (Lipinski definition) is 0. The molecule has 272 valence electrons. The molecule has 0 N–H and O–H groups in total. The molecule has 61 heavy (non-hydrogen) atoms. The summed E-state index contributed by atoms with van der Waals surface area (Å²) in [5.41, 5.74) is 11.1. The van der Waals surface area contributed by atoms with E-state index in [1.807, 2.05) is 66.7 Å². The molecule has 0 amide bonds. The molecule has 0 saturated heterocycles. The van der Waals surface area contributed by atoms with Crippen LogP contribution in [-0.4, -0.2) is 54.2 Å². The molecule has 0 unspecified atom stereocenters. The highest BCUT2D eigenvalue weighted by molar-refractivity contribution is 7.26. The zero-order chi connectivity index (χ0) is 41.4. The lowest BCUT2D eigenvalue weighted by atomic mass is 9.59. The minimum atomic E-state index is 0.197. The first-order valence-electron chi connectivity index (χ1n) is 19.7. The lowest BCUT2D eigenvalue weighted by Crippen LogP contribution is -2.55. The average Bonchev–Trinajstić information content (AvgIpc) is 3.89. The molecule has 3 heterocycles. The number of hydrogen-bond acceptors (Lipinski definition) is 5. The second kappa shape index (κ2) is 14.7. The normalized spacial score (nSPS) is 11.6. The summed E-state index contributed by atoms with van der Waals surface area (Å²) < 4.78 is 8.99. The third-order valence-electron chi connectivity index (χ3n) is 11.5. The first-order valence-corrected chi connectivity index (χ1v) is 20.5. The van der Waals surface area contributed by atoms with Crippen LogP contribution in [0.15, 0.2) is 162 Å². The number of fused-ring (bicyclic) bond motifs is 6. The summed E-state index contributed by atoms with van der Waals surface area (Å²) in [5, 5.41) is 4.40. The van der Waals surface area contributed by atoms with Gasteiger partial charge in [0.2, 0.25) is 0 Å². The predicted molar refractivity (Wildman–Crippen MR) is 260 cm³/mol. The van der Waals surface area contributed by atoms with Gasteiger partial charge < -0.3 is 4.42 Å². The summed E-state index contributed by atoms with van der Waals surface area (Å²) in [6.45, 7) is 0. The van der Waals surface area contributed by atoms with E-state index in [4.69, 9.17) is 58.6 Å². The molecule has 10 radical (unpaired) electrons. The molecule has 11 aromatic rings. The van der Waals surface area contributed by atoms with Crippen LogP contribution >= 0.6 is 11.3 Å². The average molecular weight is 783 g/mol. The summed E-state index contributed by atoms with van der Waals surface area (Å²) in [6.07, 6.45) is 0. The van der Waals surface area contributed by atoms with E-state index in [0.717, 1.165) is 71.1 Å². The van der Waals surface area contributed by atoms with Crippen LogP contribution < -0.4 is 27.3 Å². The first kappa shape index (κ1) is 37.1. The van der Waals surface area contributed by atoms with Gasteiger partial charge in [-0.3, -0.25) is 0 Å². The lowest BCUT2D eigenvalue weighted by Gasteiger charge is -2.21. The Balaban J connectivity index is 0.958. The molecule has 8 aromatic carbocycles. The molecule has 0 aliphatic heterocycles. The van der Waals surface area contributed by atoms with Gasteiger partial charge in [0.1, 0.15) is 50.4 Å². The van der Waals surface area contributed by atoms with Gasteiger partial charge >= 0.3 is 0 Å². The number of furan rings is 1. The smallest absolute Gasteiger partial charge is 0.165 e. The Kier molecular flexibility index (Phi) is 8.94. The third kappa shape index (κ3) is 6.24. The van der Waals surface area contributed by atoms with Gasteiger partial charge in [0.15, 0.2) is 17.5 Å². The Morgan fingerprint density at radius 1 is 0.377 bits per heavy atom. The standard InChI is InChI=1S/C51H26B5N3OS/c52-42-41(43(53)45(55)46(56)44(42)54)30-22-18-28(19-23-30)27-16-20-29(21-17-27)33-11-6-12-35-38-26-32(24-25-39(38)60-47(33)35)50-57-49(31-8-2-1-3-9-31)58-51(59-50)37-14-7-13-36-34-10-4-5-15-40(34)61-48(36)37/h1-26H. The van der Waals surface area contributed by atoms with Crippen LogP contribution in [0.2, 0.25) is 0 Å². The van der Waals surface area contributed by atoms with E-state index in [0.29, 0.717) is 34.0 Å². The van der Waals surface area contributed by atoms with Crippen molar-refractivity contribution in [3.05, 3.63) is 158 Å². The highest BCUT2D eigenvalue weighted by Gasteiger charge is 2.19. The van der Waals surface area contributed by atoms with Crippen LogP contribution in [0.4, 0.5) is 0 Å². The fourth-order valence-electron chi connectivity index (χ4n) is 8.26. The third-order valence-corrected chi connectivity index (χ3v) is 12.7. The van der Waals surface area contributed by atoms with Crippen molar-refractivity contribution in [3.63, 3.8) is 0 Å². The van der Waals surface area contributed by atoms with Crippen LogP contribution in [0.25, 0.3) is 110 Å². The monoisotopic (exact) mass is 783 g/mol. The summed E-state index contributed by atoms with van der Waals surface area (Å²) in [5.74, 6) is 1.84. The van der Waals surface area contributed by atoms with Gasteiger partial charge in [-0.1, -0.05) is 138 Å². The van der Waals surface area contributed by atoms with E-state index < -0.39 is 0 Å². The molecule has 0 fully saturated rings. The zero-order valence-corrected chi connectivity index (χ0v) is 33.4.